The molecule has 0 saturated carbocycles. The molecular formula is C14H22N2O3S. The van der Waals surface area contributed by atoms with Crippen LogP contribution in [0.4, 0.5) is 0 Å². The third-order valence-electron chi connectivity index (χ3n) is 3.56. The van der Waals surface area contributed by atoms with Crippen LogP contribution in [0.15, 0.2) is 24.3 Å². The van der Waals surface area contributed by atoms with Crippen molar-refractivity contribution in [2.45, 2.75) is 32.3 Å². The number of hydrogen-bond donors (Lipinski definition) is 1. The van der Waals surface area contributed by atoms with Gasteiger partial charge in [-0.15, -0.1) is 0 Å². The molecule has 1 aromatic rings. The highest BCUT2D eigenvalue weighted by Crippen LogP contribution is 2.15. The molecule has 1 heterocycles. The van der Waals surface area contributed by atoms with Gasteiger partial charge in [0.1, 0.15) is 0 Å². The molecule has 0 aromatic heterocycles. The largest absolute Gasteiger partial charge is 0.377 e. The molecule has 6 heteroatoms. The predicted molar refractivity (Wildman–Crippen MR) is 78.5 cm³/mol. The molecule has 1 atom stereocenters. The van der Waals surface area contributed by atoms with Gasteiger partial charge in [-0.25, -0.2) is 5.14 Å². The minimum atomic E-state index is -3.68. The first-order chi connectivity index (χ1) is 9.45. The molecule has 0 radical (unpaired) electrons. The van der Waals surface area contributed by atoms with E-state index >= 15 is 0 Å². The number of hydrogen-bond acceptors (Lipinski definition) is 3. The van der Waals surface area contributed by atoms with E-state index in [9.17, 15) is 8.42 Å². The number of nitrogens with zero attached hydrogens (tertiary/aromatic N) is 1. The minimum absolute atomic E-state index is 0.0219. The van der Waals surface area contributed by atoms with Crippen molar-refractivity contribution >= 4 is 10.2 Å². The molecule has 112 valence electrons. The highest BCUT2D eigenvalue weighted by atomic mass is 32.2. The molecule has 1 fully saturated rings. The molecule has 1 aromatic carbocycles. The zero-order valence-corrected chi connectivity index (χ0v) is 12.6. The summed E-state index contributed by atoms with van der Waals surface area (Å²) in [6.07, 6.45) is 2.52. The zero-order chi connectivity index (χ0) is 14.6. The summed E-state index contributed by atoms with van der Waals surface area (Å²) < 4.78 is 30.1. The van der Waals surface area contributed by atoms with Gasteiger partial charge in [0, 0.05) is 19.7 Å². The summed E-state index contributed by atoms with van der Waals surface area (Å²) in [6, 6.07) is 8.08. The van der Waals surface area contributed by atoms with Crippen molar-refractivity contribution in [1.29, 1.82) is 0 Å². The first-order valence-electron chi connectivity index (χ1n) is 6.90. The van der Waals surface area contributed by atoms with Crippen molar-refractivity contribution in [1.82, 2.24) is 4.31 Å². The SMILES string of the molecule is Cc1ccc(CCN(C[C@H]2CCCO2)S(N)(=O)=O)cc1. The average Bonchev–Trinajstić information content (AvgIpc) is 2.88. The van der Waals surface area contributed by atoms with Gasteiger partial charge in [-0.3, -0.25) is 0 Å². The molecule has 5 nitrogen and oxygen atoms in total. The lowest BCUT2D eigenvalue weighted by atomic mass is 10.1. The van der Waals surface area contributed by atoms with Gasteiger partial charge in [-0.1, -0.05) is 29.8 Å². The standard InChI is InChI=1S/C14H22N2O3S/c1-12-4-6-13(7-5-12)8-9-16(20(15,17)18)11-14-3-2-10-19-14/h4-7,14H,2-3,8-11H2,1H3,(H2,15,17,18)/t14-/m1/s1. The van der Waals surface area contributed by atoms with Gasteiger partial charge in [0.05, 0.1) is 6.10 Å². The Hall–Kier alpha value is -0.950. The predicted octanol–water partition coefficient (Wildman–Crippen LogP) is 1.22. The highest BCUT2D eigenvalue weighted by Gasteiger charge is 2.24. The van der Waals surface area contributed by atoms with Crippen molar-refractivity contribution in [2.75, 3.05) is 19.7 Å². The Morgan fingerprint density at radius 1 is 1.35 bits per heavy atom. The maximum atomic E-state index is 11.6. The number of benzene rings is 1. The Morgan fingerprint density at radius 2 is 2.05 bits per heavy atom. The van der Waals surface area contributed by atoms with Crippen LogP contribution >= 0.6 is 0 Å². The van der Waals surface area contributed by atoms with Crippen LogP contribution in [0.1, 0.15) is 24.0 Å². The second-order valence-corrected chi connectivity index (χ2v) is 6.82. The molecular weight excluding hydrogens is 276 g/mol. The Balaban J connectivity index is 1.95. The van der Waals surface area contributed by atoms with Crippen LogP contribution in [0.3, 0.4) is 0 Å². The van der Waals surface area contributed by atoms with Crippen molar-refractivity contribution in [3.05, 3.63) is 35.4 Å². The van der Waals surface area contributed by atoms with E-state index in [-0.39, 0.29) is 6.10 Å². The van der Waals surface area contributed by atoms with Gasteiger partial charge >= 0.3 is 0 Å². The van der Waals surface area contributed by atoms with Crippen LogP contribution in [0.5, 0.6) is 0 Å². The van der Waals surface area contributed by atoms with E-state index in [0.717, 1.165) is 18.4 Å². The van der Waals surface area contributed by atoms with Crippen LogP contribution in [0.25, 0.3) is 0 Å². The van der Waals surface area contributed by atoms with E-state index in [1.165, 1.54) is 9.87 Å². The summed E-state index contributed by atoms with van der Waals surface area (Å²) in [5.74, 6) is 0. The van der Waals surface area contributed by atoms with Crippen LogP contribution in [0.2, 0.25) is 0 Å². The lowest BCUT2D eigenvalue weighted by Crippen LogP contribution is -2.42. The lowest BCUT2D eigenvalue weighted by Gasteiger charge is -2.22. The summed E-state index contributed by atoms with van der Waals surface area (Å²) in [5.41, 5.74) is 2.30. The smallest absolute Gasteiger partial charge is 0.276 e. The summed E-state index contributed by atoms with van der Waals surface area (Å²) in [4.78, 5) is 0. The molecule has 1 saturated heterocycles. The summed E-state index contributed by atoms with van der Waals surface area (Å²) >= 11 is 0. The van der Waals surface area contributed by atoms with Crippen molar-refractivity contribution in [3.63, 3.8) is 0 Å². The number of rotatable bonds is 6. The first-order valence-corrected chi connectivity index (χ1v) is 8.40. The van der Waals surface area contributed by atoms with Crippen molar-refractivity contribution < 1.29 is 13.2 Å². The normalized spacial score (nSPS) is 19.6. The van der Waals surface area contributed by atoms with Crippen molar-refractivity contribution in [2.24, 2.45) is 5.14 Å². The molecule has 0 amide bonds. The molecule has 2 N–H and O–H groups in total. The molecule has 20 heavy (non-hydrogen) atoms. The van der Waals surface area contributed by atoms with Gasteiger partial charge in [-0.05, 0) is 31.7 Å². The molecule has 0 aliphatic carbocycles. The van der Waals surface area contributed by atoms with Crippen LogP contribution in [-0.2, 0) is 21.4 Å². The van der Waals surface area contributed by atoms with E-state index in [1.807, 2.05) is 31.2 Å². The number of nitrogens with two attached hydrogens (primary N) is 1. The number of aryl methyl sites for hydroxylation is 1. The van der Waals surface area contributed by atoms with E-state index < -0.39 is 10.2 Å². The molecule has 1 aliphatic heterocycles. The molecule has 1 aliphatic rings. The summed E-state index contributed by atoms with van der Waals surface area (Å²) in [7, 11) is -3.68. The third-order valence-corrected chi connectivity index (χ3v) is 4.61. The Kier molecular flexibility index (Phi) is 5.15. The van der Waals surface area contributed by atoms with Crippen molar-refractivity contribution in [3.8, 4) is 0 Å². The monoisotopic (exact) mass is 298 g/mol. The van der Waals surface area contributed by atoms with Gasteiger partial charge in [0.25, 0.3) is 10.2 Å². The fraction of sp³-hybridized carbons (Fsp3) is 0.571. The van der Waals surface area contributed by atoms with E-state index in [0.29, 0.717) is 26.1 Å². The third kappa shape index (κ3) is 4.56. The molecule has 0 unspecified atom stereocenters. The Labute approximate surface area is 120 Å². The fourth-order valence-corrected chi connectivity index (χ4v) is 3.07. The maximum Gasteiger partial charge on any atom is 0.276 e. The van der Waals surface area contributed by atoms with Crippen LogP contribution in [-0.4, -0.2) is 38.5 Å². The lowest BCUT2D eigenvalue weighted by molar-refractivity contribution is 0.0939. The minimum Gasteiger partial charge on any atom is -0.377 e. The summed E-state index contributed by atoms with van der Waals surface area (Å²) in [6.45, 7) is 3.48. The summed E-state index contributed by atoms with van der Waals surface area (Å²) in [5, 5.41) is 5.29. The molecule has 0 bridgehead atoms. The van der Waals surface area contributed by atoms with Gasteiger partial charge in [0.15, 0.2) is 0 Å². The van der Waals surface area contributed by atoms with Gasteiger partial charge in [0.2, 0.25) is 0 Å². The fourth-order valence-electron chi connectivity index (χ4n) is 2.35. The average molecular weight is 298 g/mol. The second kappa shape index (κ2) is 6.67. The molecule has 2 rings (SSSR count). The first kappa shape index (κ1) is 15.4. The van der Waals surface area contributed by atoms with E-state index in [4.69, 9.17) is 9.88 Å². The van der Waals surface area contributed by atoms with Gasteiger partial charge in [-0.2, -0.15) is 12.7 Å². The zero-order valence-electron chi connectivity index (χ0n) is 11.8. The Bertz CT molecular complexity index is 522. The number of ether oxygens (including phenoxy) is 1. The molecule has 0 spiro atoms. The van der Waals surface area contributed by atoms with Crippen LogP contribution < -0.4 is 5.14 Å². The van der Waals surface area contributed by atoms with E-state index in [2.05, 4.69) is 0 Å². The van der Waals surface area contributed by atoms with Crippen LogP contribution in [0, 0.1) is 6.92 Å². The maximum absolute atomic E-state index is 11.6. The second-order valence-electron chi connectivity index (χ2n) is 5.27. The van der Waals surface area contributed by atoms with E-state index in [1.54, 1.807) is 0 Å². The van der Waals surface area contributed by atoms with Gasteiger partial charge < -0.3 is 4.74 Å². The highest BCUT2D eigenvalue weighted by molar-refractivity contribution is 7.86. The quantitative estimate of drug-likeness (QED) is 0.858. The topological polar surface area (TPSA) is 72.6 Å². The Morgan fingerprint density at radius 3 is 2.60 bits per heavy atom.